The third-order valence-electron chi connectivity index (χ3n) is 1.47. The summed E-state index contributed by atoms with van der Waals surface area (Å²) in [6.07, 6.45) is 1.25. The van der Waals surface area contributed by atoms with Crippen LogP contribution in [0.1, 0.15) is 12.8 Å². The minimum absolute atomic E-state index is 0. The molecule has 2 nitrogen and oxygen atoms in total. The Bertz CT molecular complexity index is 98.6. The molecular formula is C6H10F2KNO. The number of rotatable bonds is 2. The molecule has 5 heteroatoms. The number of ether oxygens (including phenoxy) is 1. The molecule has 1 rings (SSSR count). The van der Waals surface area contributed by atoms with E-state index in [-0.39, 0.29) is 57.5 Å². The third kappa shape index (κ3) is 5.62. The van der Waals surface area contributed by atoms with Crippen molar-refractivity contribution >= 4 is 0 Å². The zero-order valence-corrected chi connectivity index (χ0v) is 9.72. The Labute approximate surface area is 107 Å². The Hall–Kier alpha value is 1.42. The van der Waals surface area contributed by atoms with Gasteiger partial charge in [-0.2, -0.15) is 8.78 Å². The number of halogens is 2. The van der Waals surface area contributed by atoms with Gasteiger partial charge in [0.25, 0.3) is 0 Å². The molecule has 1 fully saturated rings. The molecule has 0 aromatic heterocycles. The molecule has 0 N–H and O–H groups in total. The van der Waals surface area contributed by atoms with Crippen molar-refractivity contribution < 1.29 is 64.9 Å². The van der Waals surface area contributed by atoms with Crippen LogP contribution in [0.3, 0.4) is 0 Å². The first-order valence-corrected chi connectivity index (χ1v) is 3.36. The molecular weight excluding hydrogens is 179 g/mol. The minimum Gasteiger partial charge on any atom is -0.660 e. The molecule has 1 unspecified atom stereocenters. The third-order valence-corrected chi connectivity index (χ3v) is 1.47. The average molecular weight is 189 g/mol. The smallest absolute Gasteiger partial charge is 0.660 e. The summed E-state index contributed by atoms with van der Waals surface area (Å²) in [7, 11) is 0. The molecule has 0 spiro atoms. The SMILES string of the molecule is FC(F)OC1CCC[N-]C1.[K+]. The Morgan fingerprint density at radius 1 is 1.45 bits per heavy atom. The Balaban J connectivity index is 0.000001000. The molecule has 0 radical (unpaired) electrons. The largest absolute Gasteiger partial charge is 1.00 e. The van der Waals surface area contributed by atoms with Gasteiger partial charge in [-0.15, -0.1) is 13.1 Å². The van der Waals surface area contributed by atoms with E-state index >= 15 is 0 Å². The molecule has 1 aliphatic rings. The average Bonchev–Trinajstić information content (AvgIpc) is 1.88. The molecule has 1 atom stereocenters. The van der Waals surface area contributed by atoms with Gasteiger partial charge in [0.15, 0.2) is 0 Å². The first kappa shape index (κ1) is 12.4. The van der Waals surface area contributed by atoms with Gasteiger partial charge in [0.2, 0.25) is 0 Å². The fraction of sp³-hybridized carbons (Fsp3) is 1.00. The summed E-state index contributed by atoms with van der Waals surface area (Å²) in [6, 6.07) is 0. The van der Waals surface area contributed by atoms with E-state index in [1.807, 2.05) is 0 Å². The van der Waals surface area contributed by atoms with Crippen molar-refractivity contribution in [2.75, 3.05) is 13.1 Å². The summed E-state index contributed by atoms with van der Waals surface area (Å²) in [5.74, 6) is 0. The molecule has 0 aromatic rings. The van der Waals surface area contributed by atoms with Crippen molar-refractivity contribution in [3.8, 4) is 0 Å². The maximum atomic E-state index is 11.6. The van der Waals surface area contributed by atoms with Gasteiger partial charge in [-0.1, -0.05) is 6.42 Å². The van der Waals surface area contributed by atoms with E-state index in [2.05, 4.69) is 10.1 Å². The van der Waals surface area contributed by atoms with Crippen LogP contribution in [0.15, 0.2) is 0 Å². The molecule has 1 saturated heterocycles. The fourth-order valence-electron chi connectivity index (χ4n) is 1.01. The van der Waals surface area contributed by atoms with Gasteiger partial charge in [-0.25, -0.2) is 0 Å². The van der Waals surface area contributed by atoms with E-state index in [0.717, 1.165) is 13.0 Å². The van der Waals surface area contributed by atoms with Crippen LogP contribution in [0.4, 0.5) is 8.78 Å². The summed E-state index contributed by atoms with van der Waals surface area (Å²) in [5.41, 5.74) is 0. The van der Waals surface area contributed by atoms with Gasteiger partial charge in [0.05, 0.1) is 0 Å². The van der Waals surface area contributed by atoms with Crippen molar-refractivity contribution in [1.82, 2.24) is 0 Å². The number of hydrogen-bond donors (Lipinski definition) is 0. The zero-order valence-electron chi connectivity index (χ0n) is 6.59. The van der Waals surface area contributed by atoms with Gasteiger partial charge in [-0.05, 0) is 6.42 Å². The Morgan fingerprint density at radius 3 is 2.64 bits per heavy atom. The van der Waals surface area contributed by atoms with E-state index in [1.54, 1.807) is 0 Å². The van der Waals surface area contributed by atoms with E-state index in [1.165, 1.54) is 0 Å². The van der Waals surface area contributed by atoms with Crippen LogP contribution in [0.5, 0.6) is 0 Å². The van der Waals surface area contributed by atoms with E-state index in [4.69, 9.17) is 0 Å². The first-order chi connectivity index (χ1) is 4.79. The van der Waals surface area contributed by atoms with Crippen LogP contribution >= 0.6 is 0 Å². The molecule has 0 bridgehead atoms. The van der Waals surface area contributed by atoms with Crippen LogP contribution in [-0.4, -0.2) is 25.8 Å². The number of nitrogens with zero attached hydrogens (tertiary/aromatic N) is 1. The molecule has 0 saturated carbocycles. The van der Waals surface area contributed by atoms with Gasteiger partial charge >= 0.3 is 58.0 Å². The number of alkyl halides is 2. The summed E-state index contributed by atoms with van der Waals surface area (Å²) in [5, 5.41) is 3.95. The molecule has 0 aliphatic carbocycles. The van der Waals surface area contributed by atoms with Crippen molar-refractivity contribution in [3.63, 3.8) is 0 Å². The number of hydrogen-bond acceptors (Lipinski definition) is 1. The summed E-state index contributed by atoms with van der Waals surface area (Å²) < 4.78 is 27.4. The van der Waals surface area contributed by atoms with E-state index < -0.39 is 6.61 Å². The molecule has 60 valence electrons. The van der Waals surface area contributed by atoms with Gasteiger partial charge in [0.1, 0.15) is 0 Å². The second-order valence-corrected chi connectivity index (χ2v) is 2.29. The van der Waals surface area contributed by atoms with E-state index in [9.17, 15) is 8.78 Å². The molecule has 11 heavy (non-hydrogen) atoms. The van der Waals surface area contributed by atoms with Crippen molar-refractivity contribution in [2.24, 2.45) is 0 Å². The standard InChI is InChI=1S/C6H10F2NO.K/c7-6(8)10-5-2-1-3-9-4-5;/h5-6H,1-4H2;/q-1;+1. The maximum Gasteiger partial charge on any atom is 1.00 e. The first-order valence-electron chi connectivity index (χ1n) is 3.36. The summed E-state index contributed by atoms with van der Waals surface area (Å²) >= 11 is 0. The van der Waals surface area contributed by atoms with Gasteiger partial charge in [0, 0.05) is 6.10 Å². The molecule has 1 heterocycles. The second kappa shape index (κ2) is 6.88. The van der Waals surface area contributed by atoms with Crippen molar-refractivity contribution in [3.05, 3.63) is 5.32 Å². The fourth-order valence-corrected chi connectivity index (χ4v) is 1.01. The second-order valence-electron chi connectivity index (χ2n) is 2.29. The predicted octanol–water partition coefficient (Wildman–Crippen LogP) is -1.23. The monoisotopic (exact) mass is 189 g/mol. The van der Waals surface area contributed by atoms with Gasteiger partial charge in [-0.3, -0.25) is 0 Å². The van der Waals surface area contributed by atoms with Crippen molar-refractivity contribution in [1.29, 1.82) is 0 Å². The van der Waals surface area contributed by atoms with Gasteiger partial charge < -0.3 is 10.1 Å². The summed E-state index contributed by atoms with van der Waals surface area (Å²) in [6.45, 7) is -1.41. The quantitative estimate of drug-likeness (QED) is 0.499. The topological polar surface area (TPSA) is 23.3 Å². The van der Waals surface area contributed by atoms with Crippen molar-refractivity contribution in [2.45, 2.75) is 25.6 Å². The van der Waals surface area contributed by atoms with E-state index in [0.29, 0.717) is 13.0 Å². The minimum atomic E-state index is -2.64. The molecule has 0 amide bonds. The van der Waals surface area contributed by atoms with Crippen LogP contribution in [0.2, 0.25) is 0 Å². The van der Waals surface area contributed by atoms with Crippen LogP contribution < -0.4 is 51.4 Å². The molecule has 1 aliphatic heterocycles. The zero-order chi connectivity index (χ0) is 7.40. The predicted molar refractivity (Wildman–Crippen MR) is 33.2 cm³/mol. The Morgan fingerprint density at radius 2 is 2.18 bits per heavy atom. The Kier molecular flexibility index (Phi) is 7.77. The van der Waals surface area contributed by atoms with Crippen LogP contribution in [0.25, 0.3) is 5.32 Å². The van der Waals surface area contributed by atoms with Crippen LogP contribution in [-0.2, 0) is 4.74 Å². The normalized spacial score (nSPS) is 24.8. The maximum absolute atomic E-state index is 11.6. The number of piperidine rings is 1. The summed E-state index contributed by atoms with van der Waals surface area (Å²) in [4.78, 5) is 0. The molecule has 0 aromatic carbocycles. The van der Waals surface area contributed by atoms with Crippen LogP contribution in [0, 0.1) is 0 Å².